The lowest BCUT2D eigenvalue weighted by Crippen LogP contribution is -2.55. The Labute approximate surface area is 98.2 Å². The summed E-state index contributed by atoms with van der Waals surface area (Å²) < 4.78 is 1.06. The zero-order chi connectivity index (χ0) is 10.8. The molecule has 0 radical (unpaired) electrons. The van der Waals surface area contributed by atoms with E-state index in [1.165, 1.54) is 0 Å². The van der Waals surface area contributed by atoms with Crippen molar-refractivity contribution in [3.05, 3.63) is 28.2 Å². The van der Waals surface area contributed by atoms with Crippen LogP contribution in [0.5, 0.6) is 5.75 Å². The van der Waals surface area contributed by atoms with E-state index in [4.69, 9.17) is 0 Å². The van der Waals surface area contributed by atoms with Crippen molar-refractivity contribution in [3.8, 4) is 5.75 Å². The van der Waals surface area contributed by atoms with Gasteiger partial charge in [-0.3, -0.25) is 4.90 Å². The van der Waals surface area contributed by atoms with Crippen molar-refractivity contribution < 1.29 is 5.11 Å². The Morgan fingerprint density at radius 2 is 2.27 bits per heavy atom. The lowest BCUT2D eigenvalue weighted by atomic mass is 10.1. The summed E-state index contributed by atoms with van der Waals surface area (Å²) in [4.78, 5) is 2.30. The van der Waals surface area contributed by atoms with E-state index < -0.39 is 0 Å². The Morgan fingerprint density at radius 1 is 1.53 bits per heavy atom. The summed E-state index contributed by atoms with van der Waals surface area (Å²) in [7, 11) is 2.11. The third-order valence-corrected chi connectivity index (χ3v) is 3.61. The van der Waals surface area contributed by atoms with Crippen molar-refractivity contribution in [3.63, 3.8) is 0 Å². The van der Waals surface area contributed by atoms with Gasteiger partial charge in [-0.05, 0) is 30.8 Å². The number of hydrogen-bond acceptors (Lipinski definition) is 3. The Hall–Kier alpha value is -0.580. The molecule has 1 aromatic carbocycles. The molecule has 0 bridgehead atoms. The first-order chi connectivity index (χ1) is 7.16. The second-order valence-electron chi connectivity index (χ2n) is 4.00. The standard InChI is InChI=1S/C11H15BrN2O/c1-14(9-5-13-6-9)7-8-4-10(15)2-3-11(8)12/h2-4,9,13,15H,5-7H2,1H3. The minimum atomic E-state index is 0.327. The van der Waals surface area contributed by atoms with Gasteiger partial charge in [0.1, 0.15) is 5.75 Å². The lowest BCUT2D eigenvalue weighted by molar-refractivity contribution is 0.172. The number of phenols is 1. The van der Waals surface area contributed by atoms with E-state index in [2.05, 4.69) is 33.2 Å². The average molecular weight is 271 g/mol. The van der Waals surface area contributed by atoms with E-state index in [0.717, 1.165) is 29.7 Å². The summed E-state index contributed by atoms with van der Waals surface area (Å²) in [5, 5.41) is 12.7. The van der Waals surface area contributed by atoms with Crippen molar-refractivity contribution in [2.45, 2.75) is 12.6 Å². The highest BCUT2D eigenvalue weighted by molar-refractivity contribution is 9.10. The number of likely N-dealkylation sites (N-methyl/N-ethyl adjacent to an activating group) is 1. The summed E-state index contributed by atoms with van der Waals surface area (Å²) in [5.41, 5.74) is 1.13. The molecular formula is C11H15BrN2O. The molecule has 15 heavy (non-hydrogen) atoms. The average Bonchev–Trinajstić information content (AvgIpc) is 2.08. The first kappa shape index (κ1) is 10.9. The number of halogens is 1. The molecule has 1 aromatic rings. The zero-order valence-corrected chi connectivity index (χ0v) is 10.3. The first-order valence-electron chi connectivity index (χ1n) is 5.05. The van der Waals surface area contributed by atoms with Gasteiger partial charge in [-0.1, -0.05) is 15.9 Å². The van der Waals surface area contributed by atoms with Crippen LogP contribution in [0, 0.1) is 0 Å². The molecule has 1 aliphatic rings. The largest absolute Gasteiger partial charge is 0.508 e. The van der Waals surface area contributed by atoms with Gasteiger partial charge in [0.15, 0.2) is 0 Å². The zero-order valence-electron chi connectivity index (χ0n) is 8.70. The maximum Gasteiger partial charge on any atom is 0.115 e. The predicted octanol–water partition coefficient (Wildman–Crippen LogP) is 1.56. The minimum Gasteiger partial charge on any atom is -0.508 e. The molecule has 1 fully saturated rings. The van der Waals surface area contributed by atoms with Crippen LogP contribution in [0.1, 0.15) is 5.56 Å². The molecule has 2 N–H and O–H groups in total. The van der Waals surface area contributed by atoms with Gasteiger partial charge in [-0.2, -0.15) is 0 Å². The minimum absolute atomic E-state index is 0.327. The van der Waals surface area contributed by atoms with Crippen molar-refractivity contribution in [2.24, 2.45) is 0 Å². The van der Waals surface area contributed by atoms with Gasteiger partial charge in [-0.15, -0.1) is 0 Å². The molecule has 0 atom stereocenters. The fourth-order valence-corrected chi connectivity index (χ4v) is 2.04. The summed E-state index contributed by atoms with van der Waals surface area (Å²) in [5.74, 6) is 0.327. The maximum absolute atomic E-state index is 9.41. The quantitative estimate of drug-likeness (QED) is 0.875. The molecule has 2 rings (SSSR count). The smallest absolute Gasteiger partial charge is 0.115 e. The Balaban J connectivity index is 2.05. The van der Waals surface area contributed by atoms with E-state index in [-0.39, 0.29) is 0 Å². The van der Waals surface area contributed by atoms with Crippen molar-refractivity contribution in [1.29, 1.82) is 0 Å². The summed E-state index contributed by atoms with van der Waals surface area (Å²) in [6, 6.07) is 6.02. The molecule has 0 unspecified atom stereocenters. The predicted molar refractivity (Wildman–Crippen MR) is 63.9 cm³/mol. The molecule has 1 aliphatic heterocycles. The van der Waals surface area contributed by atoms with Crippen LogP contribution in [0.4, 0.5) is 0 Å². The Morgan fingerprint density at radius 3 is 2.87 bits per heavy atom. The Kier molecular flexibility index (Phi) is 3.29. The highest BCUT2D eigenvalue weighted by Gasteiger charge is 2.21. The van der Waals surface area contributed by atoms with Crippen LogP contribution in [0.2, 0.25) is 0 Å². The number of phenolic OH excluding ortho intramolecular Hbond substituents is 1. The molecule has 82 valence electrons. The fraction of sp³-hybridized carbons (Fsp3) is 0.455. The van der Waals surface area contributed by atoms with Crippen LogP contribution in [0.3, 0.4) is 0 Å². The van der Waals surface area contributed by atoms with Crippen LogP contribution in [-0.2, 0) is 6.54 Å². The third-order valence-electron chi connectivity index (χ3n) is 2.83. The number of hydrogen-bond donors (Lipinski definition) is 2. The number of nitrogens with one attached hydrogen (secondary N) is 1. The van der Waals surface area contributed by atoms with Crippen LogP contribution < -0.4 is 5.32 Å². The highest BCUT2D eigenvalue weighted by Crippen LogP contribution is 2.23. The van der Waals surface area contributed by atoms with Gasteiger partial charge in [0.2, 0.25) is 0 Å². The molecule has 0 aliphatic carbocycles. The SMILES string of the molecule is CN(Cc1cc(O)ccc1Br)C1CNC1. The molecule has 0 amide bonds. The van der Waals surface area contributed by atoms with E-state index in [1.807, 2.05) is 12.1 Å². The summed E-state index contributed by atoms with van der Waals surface area (Å²) >= 11 is 3.49. The van der Waals surface area contributed by atoms with E-state index in [9.17, 15) is 5.11 Å². The third kappa shape index (κ3) is 2.51. The number of aromatic hydroxyl groups is 1. The molecule has 0 aromatic heterocycles. The van der Waals surface area contributed by atoms with Crippen LogP contribution in [0.25, 0.3) is 0 Å². The topological polar surface area (TPSA) is 35.5 Å². The molecule has 0 saturated carbocycles. The van der Waals surface area contributed by atoms with Gasteiger partial charge < -0.3 is 10.4 Å². The molecule has 1 heterocycles. The van der Waals surface area contributed by atoms with Crippen molar-refractivity contribution in [2.75, 3.05) is 20.1 Å². The van der Waals surface area contributed by atoms with Gasteiger partial charge >= 0.3 is 0 Å². The second-order valence-corrected chi connectivity index (χ2v) is 4.86. The van der Waals surface area contributed by atoms with Crippen molar-refractivity contribution in [1.82, 2.24) is 10.2 Å². The lowest BCUT2D eigenvalue weighted by Gasteiger charge is -2.35. The number of benzene rings is 1. The van der Waals surface area contributed by atoms with Crippen molar-refractivity contribution >= 4 is 15.9 Å². The van der Waals surface area contributed by atoms with Gasteiger partial charge in [0.25, 0.3) is 0 Å². The van der Waals surface area contributed by atoms with E-state index in [1.54, 1.807) is 6.07 Å². The van der Waals surface area contributed by atoms with Crippen LogP contribution >= 0.6 is 15.9 Å². The maximum atomic E-state index is 9.41. The molecule has 0 spiro atoms. The summed E-state index contributed by atoms with van der Waals surface area (Å²) in [6.45, 7) is 2.99. The molecule has 3 nitrogen and oxygen atoms in total. The first-order valence-corrected chi connectivity index (χ1v) is 5.84. The molecule has 1 saturated heterocycles. The highest BCUT2D eigenvalue weighted by atomic mass is 79.9. The van der Waals surface area contributed by atoms with Gasteiger partial charge in [0.05, 0.1) is 0 Å². The molecular weight excluding hydrogens is 256 g/mol. The van der Waals surface area contributed by atoms with Gasteiger partial charge in [0, 0.05) is 30.1 Å². The monoisotopic (exact) mass is 270 g/mol. The van der Waals surface area contributed by atoms with E-state index >= 15 is 0 Å². The summed E-state index contributed by atoms with van der Waals surface area (Å²) in [6.07, 6.45) is 0. The number of nitrogens with zero attached hydrogens (tertiary/aromatic N) is 1. The molecule has 4 heteroatoms. The number of rotatable bonds is 3. The van der Waals surface area contributed by atoms with Crippen LogP contribution in [0.15, 0.2) is 22.7 Å². The van der Waals surface area contributed by atoms with Crippen LogP contribution in [-0.4, -0.2) is 36.2 Å². The van der Waals surface area contributed by atoms with Gasteiger partial charge in [-0.25, -0.2) is 0 Å². The Bertz CT molecular complexity index is 352. The normalized spacial score (nSPS) is 16.7. The van der Waals surface area contributed by atoms with E-state index in [0.29, 0.717) is 11.8 Å². The fourth-order valence-electron chi connectivity index (χ4n) is 1.67. The second kappa shape index (κ2) is 4.51.